The number of hydrogen-bond acceptors (Lipinski definition) is 5. The Morgan fingerprint density at radius 1 is 0.731 bits per heavy atom. The minimum absolute atomic E-state index is 0.106. The third-order valence-electron chi connectivity index (χ3n) is 2.49. The fourth-order valence-corrected chi connectivity index (χ4v) is 1.42. The van der Waals surface area contributed by atoms with E-state index in [1.54, 1.807) is 18.2 Å². The molecule has 0 aromatic carbocycles. The Balaban J connectivity index is 0.000000195. The molecular weight excluding hydrogens is 350 g/mol. The SMILES string of the molecule is Fc1cccc(F)n1.N#Cc1cccc(F)n1.NCc1cccc(F)n1. The average Bonchev–Trinajstić information content (AvgIpc) is 2.62. The first-order valence-electron chi connectivity index (χ1n) is 7.07. The number of rotatable bonds is 1. The van der Waals surface area contributed by atoms with Gasteiger partial charge in [-0.05, 0) is 36.4 Å². The second-order valence-corrected chi connectivity index (χ2v) is 4.40. The minimum Gasteiger partial charge on any atom is -0.325 e. The Morgan fingerprint density at radius 3 is 1.50 bits per heavy atom. The lowest BCUT2D eigenvalue weighted by molar-refractivity contribution is 0.513. The number of aromatic nitrogens is 3. The summed E-state index contributed by atoms with van der Waals surface area (Å²) in [5.74, 6) is -2.66. The van der Waals surface area contributed by atoms with Gasteiger partial charge in [0.25, 0.3) is 0 Å². The van der Waals surface area contributed by atoms with Crippen molar-refractivity contribution in [1.82, 2.24) is 15.0 Å². The minimum atomic E-state index is -0.787. The van der Waals surface area contributed by atoms with Crippen LogP contribution in [0.2, 0.25) is 0 Å². The van der Waals surface area contributed by atoms with Crippen LogP contribution >= 0.6 is 0 Å². The highest BCUT2D eigenvalue weighted by molar-refractivity contribution is 5.18. The summed E-state index contributed by atoms with van der Waals surface area (Å²) >= 11 is 0. The molecule has 0 bridgehead atoms. The summed E-state index contributed by atoms with van der Waals surface area (Å²) < 4.78 is 47.9. The standard InChI is InChI=1S/C6H7FN2.C6H3FN2.C5H3F2N/c2*7-6-3-1-2-5(4-8)9-6;6-4-2-1-3-5(7)8-4/h1-3H,4,8H2;1-3H;1-3H. The maximum absolute atomic E-state index is 12.2. The molecule has 0 atom stereocenters. The Labute approximate surface area is 146 Å². The van der Waals surface area contributed by atoms with Crippen molar-refractivity contribution in [1.29, 1.82) is 5.26 Å². The van der Waals surface area contributed by atoms with E-state index in [4.69, 9.17) is 11.0 Å². The monoisotopic (exact) mass is 363 g/mol. The zero-order valence-corrected chi connectivity index (χ0v) is 13.3. The lowest BCUT2D eigenvalue weighted by atomic mass is 10.3. The second-order valence-electron chi connectivity index (χ2n) is 4.40. The summed E-state index contributed by atoms with van der Waals surface area (Å²) in [7, 11) is 0. The maximum atomic E-state index is 12.2. The second kappa shape index (κ2) is 11.2. The third-order valence-corrected chi connectivity index (χ3v) is 2.49. The summed E-state index contributed by atoms with van der Waals surface area (Å²) in [6.45, 7) is 0.289. The third kappa shape index (κ3) is 8.47. The zero-order valence-electron chi connectivity index (χ0n) is 13.3. The summed E-state index contributed by atoms with van der Waals surface area (Å²) in [5, 5.41) is 8.18. The van der Waals surface area contributed by atoms with Gasteiger partial charge < -0.3 is 5.73 Å². The molecule has 0 aliphatic heterocycles. The molecule has 2 N–H and O–H groups in total. The fraction of sp³-hybridized carbons (Fsp3) is 0.0588. The van der Waals surface area contributed by atoms with Gasteiger partial charge in [-0.15, -0.1) is 0 Å². The van der Waals surface area contributed by atoms with E-state index >= 15 is 0 Å². The van der Waals surface area contributed by atoms with Crippen molar-refractivity contribution in [2.24, 2.45) is 5.73 Å². The molecule has 0 amide bonds. The van der Waals surface area contributed by atoms with Crippen LogP contribution in [0.15, 0.2) is 54.6 Å². The van der Waals surface area contributed by atoms with Crippen LogP contribution in [0.1, 0.15) is 11.4 Å². The molecule has 0 spiro atoms. The molecule has 0 aliphatic carbocycles. The van der Waals surface area contributed by atoms with E-state index in [9.17, 15) is 17.6 Å². The fourth-order valence-electron chi connectivity index (χ4n) is 1.42. The van der Waals surface area contributed by atoms with Gasteiger partial charge in [-0.2, -0.15) is 27.8 Å². The van der Waals surface area contributed by atoms with Gasteiger partial charge in [0.15, 0.2) is 0 Å². The van der Waals surface area contributed by atoms with Gasteiger partial charge >= 0.3 is 0 Å². The molecule has 26 heavy (non-hydrogen) atoms. The number of pyridine rings is 3. The Hall–Kier alpha value is -3.38. The molecule has 3 rings (SSSR count). The van der Waals surface area contributed by atoms with E-state index in [0.717, 1.165) is 12.1 Å². The summed E-state index contributed by atoms with van der Waals surface area (Å²) in [4.78, 5) is 9.60. The van der Waals surface area contributed by atoms with E-state index in [2.05, 4.69) is 15.0 Å². The molecule has 3 aromatic rings. The van der Waals surface area contributed by atoms with Crippen LogP contribution in [0.25, 0.3) is 0 Å². The van der Waals surface area contributed by atoms with Gasteiger partial charge in [-0.1, -0.05) is 18.2 Å². The van der Waals surface area contributed by atoms with Crippen molar-refractivity contribution in [3.05, 3.63) is 89.8 Å². The van der Waals surface area contributed by atoms with E-state index in [1.807, 2.05) is 0 Å². The van der Waals surface area contributed by atoms with Crippen LogP contribution in [-0.2, 0) is 6.54 Å². The molecule has 0 fully saturated rings. The van der Waals surface area contributed by atoms with Crippen LogP contribution in [-0.4, -0.2) is 15.0 Å². The van der Waals surface area contributed by atoms with E-state index < -0.39 is 23.8 Å². The Morgan fingerprint density at radius 2 is 1.19 bits per heavy atom. The van der Waals surface area contributed by atoms with Gasteiger partial charge in [0.05, 0.1) is 5.69 Å². The molecular formula is C17H13F4N5. The van der Waals surface area contributed by atoms with Crippen molar-refractivity contribution < 1.29 is 17.6 Å². The highest BCUT2D eigenvalue weighted by Crippen LogP contribution is 1.95. The molecule has 0 aliphatic rings. The van der Waals surface area contributed by atoms with Gasteiger partial charge in [0.2, 0.25) is 23.8 Å². The highest BCUT2D eigenvalue weighted by atomic mass is 19.1. The zero-order chi connectivity index (χ0) is 19.4. The van der Waals surface area contributed by atoms with E-state index in [1.165, 1.54) is 30.3 Å². The highest BCUT2D eigenvalue weighted by Gasteiger charge is 1.92. The quantitative estimate of drug-likeness (QED) is 0.530. The van der Waals surface area contributed by atoms with Crippen LogP contribution in [0.5, 0.6) is 0 Å². The largest absolute Gasteiger partial charge is 0.325 e. The molecule has 3 heterocycles. The first kappa shape index (κ1) is 20.7. The summed E-state index contributed by atoms with van der Waals surface area (Å²) in [6.07, 6.45) is 0. The molecule has 9 heteroatoms. The van der Waals surface area contributed by atoms with Crippen molar-refractivity contribution in [3.63, 3.8) is 0 Å². The van der Waals surface area contributed by atoms with Crippen molar-refractivity contribution in [3.8, 4) is 6.07 Å². The average molecular weight is 363 g/mol. The molecule has 0 radical (unpaired) electrons. The lowest BCUT2D eigenvalue weighted by Crippen LogP contribution is -1.99. The van der Waals surface area contributed by atoms with Crippen molar-refractivity contribution >= 4 is 0 Å². The number of nitrogens with two attached hydrogens (primary N) is 1. The van der Waals surface area contributed by atoms with Crippen molar-refractivity contribution in [2.45, 2.75) is 6.54 Å². The van der Waals surface area contributed by atoms with Crippen molar-refractivity contribution in [2.75, 3.05) is 0 Å². The van der Waals surface area contributed by atoms with Gasteiger partial charge in [0, 0.05) is 6.54 Å². The van der Waals surface area contributed by atoms with Crippen LogP contribution < -0.4 is 5.73 Å². The number of nitrogens with zero attached hydrogens (tertiary/aromatic N) is 4. The maximum Gasteiger partial charge on any atom is 0.215 e. The number of nitriles is 1. The van der Waals surface area contributed by atoms with Crippen LogP contribution in [0.4, 0.5) is 17.6 Å². The molecule has 0 saturated heterocycles. The summed E-state index contributed by atoms with van der Waals surface area (Å²) in [5.41, 5.74) is 5.87. The van der Waals surface area contributed by atoms with E-state index in [0.29, 0.717) is 5.69 Å². The van der Waals surface area contributed by atoms with Crippen LogP contribution in [0, 0.1) is 35.1 Å². The molecule has 134 valence electrons. The molecule has 5 nitrogen and oxygen atoms in total. The number of halogens is 4. The topological polar surface area (TPSA) is 88.5 Å². The smallest absolute Gasteiger partial charge is 0.215 e. The number of hydrogen-bond donors (Lipinski definition) is 1. The van der Waals surface area contributed by atoms with Crippen LogP contribution in [0.3, 0.4) is 0 Å². The first-order valence-corrected chi connectivity index (χ1v) is 7.07. The molecule has 0 unspecified atom stereocenters. The predicted molar refractivity (Wildman–Crippen MR) is 85.1 cm³/mol. The molecule has 3 aromatic heterocycles. The predicted octanol–water partition coefficient (Wildman–Crippen LogP) is 3.13. The Bertz CT molecular complexity index is 850. The lowest BCUT2D eigenvalue weighted by Gasteiger charge is -1.91. The van der Waals surface area contributed by atoms with E-state index in [-0.39, 0.29) is 12.2 Å². The first-order chi connectivity index (χ1) is 12.4. The Kier molecular flexibility index (Phi) is 8.92. The molecule has 0 saturated carbocycles. The van der Waals surface area contributed by atoms with Gasteiger partial charge in [-0.3, -0.25) is 0 Å². The van der Waals surface area contributed by atoms with Gasteiger partial charge in [0.1, 0.15) is 11.8 Å². The normalized spacial score (nSPS) is 9.08. The van der Waals surface area contributed by atoms with Gasteiger partial charge in [-0.25, -0.2) is 9.97 Å². The summed E-state index contributed by atoms with van der Waals surface area (Å²) in [6, 6.07) is 13.8.